The first-order valence-corrected chi connectivity index (χ1v) is 8.47. The van der Waals surface area contributed by atoms with Crippen LogP contribution in [0.3, 0.4) is 0 Å². The molecule has 1 saturated heterocycles. The molecular formula is C19H19N3O4. The number of nitrogens with zero attached hydrogens (tertiary/aromatic N) is 1. The minimum Gasteiger partial charge on any atom is -0.486 e. The van der Waals surface area contributed by atoms with Crippen molar-refractivity contribution in [1.82, 2.24) is 5.32 Å². The number of rotatable bonds is 3. The summed E-state index contributed by atoms with van der Waals surface area (Å²) in [6.07, 6.45) is -0.341. The molecule has 7 nitrogen and oxygen atoms in total. The van der Waals surface area contributed by atoms with Crippen LogP contribution >= 0.6 is 0 Å². The Hall–Kier alpha value is -3.22. The Kier molecular flexibility index (Phi) is 4.12. The molecule has 0 aliphatic carbocycles. The minimum atomic E-state index is -0.488. The lowest BCUT2D eigenvalue weighted by atomic mass is 10.1. The molecule has 1 atom stereocenters. The molecule has 2 aliphatic rings. The predicted octanol–water partition coefficient (Wildman–Crippen LogP) is 2.65. The van der Waals surface area contributed by atoms with Gasteiger partial charge in [-0.15, -0.1) is 0 Å². The molecule has 2 aromatic rings. The molecule has 134 valence electrons. The van der Waals surface area contributed by atoms with E-state index in [9.17, 15) is 9.59 Å². The quantitative estimate of drug-likeness (QED) is 0.887. The summed E-state index contributed by atoms with van der Waals surface area (Å²) in [5, 5.41) is 6.00. The van der Waals surface area contributed by atoms with Gasteiger partial charge in [0, 0.05) is 11.8 Å². The summed E-state index contributed by atoms with van der Waals surface area (Å²) in [7, 11) is 0. The molecule has 0 radical (unpaired) electrons. The smallest absolute Gasteiger partial charge is 0.330 e. The fraction of sp³-hybridized carbons (Fsp3) is 0.263. The Morgan fingerprint density at radius 1 is 1.08 bits per heavy atom. The van der Waals surface area contributed by atoms with Gasteiger partial charge in [-0.05, 0) is 30.7 Å². The van der Waals surface area contributed by atoms with Gasteiger partial charge >= 0.3 is 6.03 Å². The predicted molar refractivity (Wildman–Crippen MR) is 96.7 cm³/mol. The van der Waals surface area contributed by atoms with Crippen molar-refractivity contribution in [2.45, 2.75) is 19.5 Å². The molecule has 0 aromatic heterocycles. The third-order valence-corrected chi connectivity index (χ3v) is 4.37. The zero-order valence-electron chi connectivity index (χ0n) is 14.3. The van der Waals surface area contributed by atoms with Crippen molar-refractivity contribution in [2.75, 3.05) is 23.4 Å². The summed E-state index contributed by atoms with van der Waals surface area (Å²) in [5.74, 6) is 1.09. The van der Waals surface area contributed by atoms with Crippen LogP contribution in [0.2, 0.25) is 0 Å². The van der Waals surface area contributed by atoms with Crippen molar-refractivity contribution in [1.29, 1.82) is 0 Å². The van der Waals surface area contributed by atoms with Crippen LogP contribution in [-0.2, 0) is 4.79 Å². The van der Waals surface area contributed by atoms with Crippen molar-refractivity contribution in [3.63, 3.8) is 0 Å². The number of benzene rings is 2. The van der Waals surface area contributed by atoms with Gasteiger partial charge in [-0.2, -0.15) is 0 Å². The topological polar surface area (TPSA) is 79.9 Å². The van der Waals surface area contributed by atoms with E-state index in [1.54, 1.807) is 12.1 Å². The maximum absolute atomic E-state index is 12.6. The number of hydrogen-bond donors (Lipinski definition) is 2. The van der Waals surface area contributed by atoms with E-state index in [1.807, 2.05) is 37.3 Å². The number of para-hydroxylation sites is 1. The minimum absolute atomic E-state index is 0.147. The Labute approximate surface area is 150 Å². The molecule has 1 unspecified atom stereocenters. The van der Waals surface area contributed by atoms with Crippen molar-refractivity contribution in [2.24, 2.45) is 0 Å². The van der Waals surface area contributed by atoms with Crippen molar-refractivity contribution in [3.05, 3.63) is 48.0 Å². The molecule has 0 spiro atoms. The summed E-state index contributed by atoms with van der Waals surface area (Å²) in [4.78, 5) is 26.3. The maximum atomic E-state index is 12.6. The molecule has 2 aliphatic heterocycles. The standard InChI is InChI=1S/C19H19N3O4/c1-12-4-2-3-5-14(12)22-18(23)11-17(21-19(22)24)20-13-6-7-15-16(10-13)26-9-8-25-15/h2-7,10,17,20H,8-9,11H2,1H3,(H,21,24). The fourth-order valence-corrected chi connectivity index (χ4v) is 3.12. The van der Waals surface area contributed by atoms with Crippen LogP contribution in [0.4, 0.5) is 16.2 Å². The van der Waals surface area contributed by atoms with Crippen LogP contribution in [0, 0.1) is 6.92 Å². The van der Waals surface area contributed by atoms with Crippen molar-refractivity contribution in [3.8, 4) is 11.5 Å². The van der Waals surface area contributed by atoms with Gasteiger partial charge in [0.1, 0.15) is 19.4 Å². The Morgan fingerprint density at radius 3 is 2.62 bits per heavy atom. The van der Waals surface area contributed by atoms with Gasteiger partial charge in [0.25, 0.3) is 0 Å². The number of aryl methyl sites for hydroxylation is 1. The van der Waals surface area contributed by atoms with Crippen LogP contribution in [0.1, 0.15) is 12.0 Å². The van der Waals surface area contributed by atoms with Gasteiger partial charge in [-0.25, -0.2) is 9.69 Å². The number of anilines is 2. The lowest BCUT2D eigenvalue weighted by Crippen LogP contribution is -2.57. The number of ether oxygens (including phenoxy) is 2. The van der Waals surface area contributed by atoms with E-state index in [4.69, 9.17) is 9.47 Å². The second-order valence-corrected chi connectivity index (χ2v) is 6.22. The monoisotopic (exact) mass is 353 g/mol. The highest BCUT2D eigenvalue weighted by molar-refractivity contribution is 6.16. The molecule has 26 heavy (non-hydrogen) atoms. The van der Waals surface area contributed by atoms with E-state index < -0.39 is 12.2 Å². The second-order valence-electron chi connectivity index (χ2n) is 6.22. The average molecular weight is 353 g/mol. The molecular weight excluding hydrogens is 334 g/mol. The van der Waals surface area contributed by atoms with Crippen LogP contribution in [0.25, 0.3) is 0 Å². The number of urea groups is 1. The van der Waals surface area contributed by atoms with Gasteiger partial charge < -0.3 is 20.1 Å². The number of fused-ring (bicyclic) bond motifs is 1. The molecule has 2 aromatic carbocycles. The number of nitrogens with one attached hydrogen (secondary N) is 2. The number of hydrogen-bond acceptors (Lipinski definition) is 5. The summed E-state index contributed by atoms with van der Waals surface area (Å²) in [6.45, 7) is 2.90. The lowest BCUT2D eigenvalue weighted by molar-refractivity contribution is -0.118. The SMILES string of the molecule is Cc1ccccc1N1C(=O)CC(Nc2ccc3c(c2)OCCO3)NC1=O. The summed E-state index contributed by atoms with van der Waals surface area (Å²) in [6, 6.07) is 12.3. The van der Waals surface area contributed by atoms with Crippen molar-refractivity contribution >= 4 is 23.3 Å². The maximum Gasteiger partial charge on any atom is 0.330 e. The largest absolute Gasteiger partial charge is 0.486 e. The highest BCUT2D eigenvalue weighted by Crippen LogP contribution is 2.33. The van der Waals surface area contributed by atoms with Crippen LogP contribution in [0.5, 0.6) is 11.5 Å². The lowest BCUT2D eigenvalue weighted by Gasteiger charge is -2.33. The number of amides is 3. The van der Waals surface area contributed by atoms with Crippen molar-refractivity contribution < 1.29 is 19.1 Å². The van der Waals surface area contributed by atoms with Crippen LogP contribution in [0.15, 0.2) is 42.5 Å². The molecule has 0 bridgehead atoms. The highest BCUT2D eigenvalue weighted by atomic mass is 16.6. The van der Waals surface area contributed by atoms with Crippen LogP contribution in [-0.4, -0.2) is 31.3 Å². The molecule has 7 heteroatoms. The van der Waals surface area contributed by atoms with Gasteiger partial charge in [-0.1, -0.05) is 18.2 Å². The molecule has 2 N–H and O–H groups in total. The average Bonchev–Trinajstić information content (AvgIpc) is 2.63. The Morgan fingerprint density at radius 2 is 1.85 bits per heavy atom. The van der Waals surface area contributed by atoms with Gasteiger partial charge in [0.05, 0.1) is 12.1 Å². The van der Waals surface area contributed by atoms with Gasteiger partial charge in [-0.3, -0.25) is 4.79 Å². The molecule has 1 fully saturated rings. The van der Waals surface area contributed by atoms with Crippen LogP contribution < -0.4 is 25.0 Å². The first-order valence-electron chi connectivity index (χ1n) is 8.47. The number of carbonyl (C=O) groups excluding carboxylic acids is 2. The fourth-order valence-electron chi connectivity index (χ4n) is 3.12. The van der Waals surface area contributed by atoms with Gasteiger partial charge in [0.15, 0.2) is 11.5 Å². The van der Waals surface area contributed by atoms with E-state index in [0.29, 0.717) is 30.4 Å². The summed E-state index contributed by atoms with van der Waals surface area (Å²) >= 11 is 0. The zero-order valence-corrected chi connectivity index (χ0v) is 14.3. The summed E-state index contributed by atoms with van der Waals surface area (Å²) < 4.78 is 11.0. The first kappa shape index (κ1) is 16.3. The third kappa shape index (κ3) is 3.03. The number of carbonyl (C=O) groups is 2. The first-order chi connectivity index (χ1) is 12.6. The van der Waals surface area contributed by atoms with E-state index >= 15 is 0 Å². The molecule has 3 amide bonds. The Bertz CT molecular complexity index is 850. The normalized spacial score (nSPS) is 19.1. The highest BCUT2D eigenvalue weighted by Gasteiger charge is 2.33. The van der Waals surface area contributed by atoms with E-state index in [2.05, 4.69) is 10.6 Å². The second kappa shape index (κ2) is 6.59. The Balaban J connectivity index is 1.49. The summed E-state index contributed by atoms with van der Waals surface area (Å²) in [5.41, 5.74) is 2.22. The van der Waals surface area contributed by atoms with E-state index in [1.165, 1.54) is 4.90 Å². The van der Waals surface area contributed by atoms with Gasteiger partial charge in [0.2, 0.25) is 5.91 Å². The van der Waals surface area contributed by atoms with E-state index in [-0.39, 0.29) is 12.3 Å². The third-order valence-electron chi connectivity index (χ3n) is 4.37. The molecule has 0 saturated carbocycles. The van der Waals surface area contributed by atoms with E-state index in [0.717, 1.165) is 11.3 Å². The number of imide groups is 1. The molecule has 2 heterocycles. The zero-order chi connectivity index (χ0) is 18.1. The molecule has 4 rings (SSSR count).